The maximum Gasteiger partial charge on any atom is 0.225 e. The van der Waals surface area contributed by atoms with Crippen LogP contribution < -0.4 is 4.90 Å². The molecule has 1 amide bonds. The Labute approximate surface area is 203 Å². The number of aromatic nitrogens is 4. The smallest absolute Gasteiger partial charge is 0.225 e. The zero-order valence-corrected chi connectivity index (χ0v) is 19.8. The van der Waals surface area contributed by atoms with E-state index < -0.39 is 0 Å². The van der Waals surface area contributed by atoms with Crippen LogP contribution >= 0.6 is 11.6 Å². The summed E-state index contributed by atoms with van der Waals surface area (Å²) in [5.41, 5.74) is 2.77. The third-order valence-electron chi connectivity index (χ3n) is 7.10. The number of carbonyl (C=O) groups excluding carboxylic acids is 1. The molecule has 8 heteroatoms. The van der Waals surface area contributed by atoms with E-state index in [1.54, 1.807) is 0 Å². The molecule has 2 fully saturated rings. The molecule has 2 aromatic heterocycles. The van der Waals surface area contributed by atoms with Gasteiger partial charge >= 0.3 is 0 Å². The van der Waals surface area contributed by atoms with Gasteiger partial charge in [0.1, 0.15) is 5.82 Å². The Kier molecular flexibility index (Phi) is 5.57. The molecule has 174 valence electrons. The van der Waals surface area contributed by atoms with Crippen LogP contribution in [0, 0.1) is 5.92 Å². The van der Waals surface area contributed by atoms with Crippen molar-refractivity contribution in [1.82, 2.24) is 24.5 Å². The molecular weight excluding hydrogens is 448 g/mol. The lowest BCUT2D eigenvalue weighted by Crippen LogP contribution is -2.41. The van der Waals surface area contributed by atoms with Gasteiger partial charge in [-0.3, -0.25) is 4.79 Å². The highest BCUT2D eigenvalue weighted by Gasteiger charge is 2.31. The lowest BCUT2D eigenvalue weighted by Gasteiger charge is -2.31. The van der Waals surface area contributed by atoms with Crippen LogP contribution in [0.25, 0.3) is 16.6 Å². The van der Waals surface area contributed by atoms with Gasteiger partial charge in [-0.15, -0.1) is 10.2 Å². The first-order valence-corrected chi connectivity index (χ1v) is 12.5. The van der Waals surface area contributed by atoms with Crippen molar-refractivity contribution in [1.29, 1.82) is 0 Å². The minimum absolute atomic E-state index is 0.231. The number of halogens is 1. The second-order valence-electron chi connectivity index (χ2n) is 9.30. The molecule has 0 spiro atoms. The normalized spacial score (nSPS) is 17.2. The van der Waals surface area contributed by atoms with Crippen molar-refractivity contribution in [3.05, 3.63) is 64.9 Å². The highest BCUT2D eigenvalue weighted by molar-refractivity contribution is 6.31. The molecule has 1 aliphatic carbocycles. The van der Waals surface area contributed by atoms with E-state index in [1.807, 2.05) is 36.4 Å². The fourth-order valence-corrected chi connectivity index (χ4v) is 5.17. The van der Waals surface area contributed by atoms with Gasteiger partial charge in [0.15, 0.2) is 5.65 Å². The Hall–Kier alpha value is -3.19. The molecule has 0 N–H and O–H groups in total. The molecule has 1 saturated heterocycles. The second-order valence-corrected chi connectivity index (χ2v) is 9.74. The summed E-state index contributed by atoms with van der Waals surface area (Å²) in [5.74, 6) is 2.23. The van der Waals surface area contributed by atoms with E-state index in [0.717, 1.165) is 67.2 Å². The molecular formula is C26H27ClN6O. The maximum atomic E-state index is 12.9. The summed E-state index contributed by atoms with van der Waals surface area (Å²) < 4.78 is 2.09. The summed E-state index contributed by atoms with van der Waals surface area (Å²) in [6.07, 6.45) is 4.82. The predicted octanol–water partition coefficient (Wildman–Crippen LogP) is 4.36. The van der Waals surface area contributed by atoms with Gasteiger partial charge in [-0.25, -0.2) is 9.38 Å². The van der Waals surface area contributed by atoms with Crippen LogP contribution in [0.3, 0.4) is 0 Å². The molecule has 0 atom stereocenters. The third-order valence-corrected chi connectivity index (χ3v) is 7.34. The predicted molar refractivity (Wildman–Crippen MR) is 133 cm³/mol. The molecule has 2 aliphatic rings. The number of hydrogen-bond acceptors (Lipinski definition) is 5. The maximum absolute atomic E-state index is 12.9. The highest BCUT2D eigenvalue weighted by atomic mass is 35.5. The molecule has 1 aliphatic heterocycles. The number of rotatable bonds is 4. The molecule has 2 aromatic carbocycles. The van der Waals surface area contributed by atoms with Crippen molar-refractivity contribution in [2.75, 3.05) is 31.1 Å². The summed E-state index contributed by atoms with van der Waals surface area (Å²) in [5, 5.41) is 10.7. The number of hydrogen-bond donors (Lipinski definition) is 0. The van der Waals surface area contributed by atoms with E-state index in [1.165, 1.54) is 12.0 Å². The zero-order chi connectivity index (χ0) is 23.1. The molecule has 34 heavy (non-hydrogen) atoms. The van der Waals surface area contributed by atoms with Crippen molar-refractivity contribution in [3.8, 4) is 0 Å². The van der Waals surface area contributed by atoms with Gasteiger partial charge in [-0.2, -0.15) is 0 Å². The SMILES string of the molecule is O=C(C1CCC1)N1CCCN(c2nc3cc(Cl)ccc3c3nnc(Cc4ccccc4)n23)CC1. The Morgan fingerprint density at radius 2 is 1.82 bits per heavy atom. The second kappa shape index (κ2) is 8.87. The van der Waals surface area contributed by atoms with Crippen molar-refractivity contribution in [3.63, 3.8) is 0 Å². The molecule has 3 heterocycles. The Bertz CT molecular complexity index is 1350. The number of nitrogens with zero attached hydrogens (tertiary/aromatic N) is 6. The first kappa shape index (κ1) is 21.4. The van der Waals surface area contributed by atoms with Gasteiger partial charge in [0, 0.05) is 48.9 Å². The van der Waals surface area contributed by atoms with Crippen LogP contribution in [0.15, 0.2) is 48.5 Å². The van der Waals surface area contributed by atoms with Crippen LogP contribution in [0.5, 0.6) is 0 Å². The van der Waals surface area contributed by atoms with Crippen LogP contribution in [-0.2, 0) is 11.2 Å². The first-order valence-electron chi connectivity index (χ1n) is 12.1. The molecule has 6 rings (SSSR count). The van der Waals surface area contributed by atoms with E-state index in [4.69, 9.17) is 16.6 Å². The Morgan fingerprint density at radius 1 is 0.971 bits per heavy atom. The highest BCUT2D eigenvalue weighted by Crippen LogP contribution is 2.30. The standard InChI is InChI=1S/C26H27ClN6O/c27-20-10-11-21-22(17-20)28-26(32-13-5-12-31(14-15-32)25(34)19-8-4-9-19)33-23(29-30-24(21)33)16-18-6-2-1-3-7-18/h1-3,6-7,10-11,17,19H,4-5,8-9,12-16H2. The van der Waals surface area contributed by atoms with Gasteiger partial charge in [0.05, 0.1) is 5.52 Å². The lowest BCUT2D eigenvalue weighted by atomic mass is 9.84. The summed E-state index contributed by atoms with van der Waals surface area (Å²) >= 11 is 6.31. The molecule has 1 saturated carbocycles. The lowest BCUT2D eigenvalue weighted by molar-refractivity contribution is -0.137. The van der Waals surface area contributed by atoms with Crippen molar-refractivity contribution < 1.29 is 4.79 Å². The zero-order valence-electron chi connectivity index (χ0n) is 19.0. The first-order chi connectivity index (χ1) is 16.7. The van der Waals surface area contributed by atoms with Crippen LogP contribution in [-0.4, -0.2) is 56.6 Å². The third kappa shape index (κ3) is 3.88. The fraction of sp³-hybridized carbons (Fsp3) is 0.385. The summed E-state index contributed by atoms with van der Waals surface area (Å²) in [6.45, 7) is 3.07. The van der Waals surface area contributed by atoms with Crippen LogP contribution in [0.4, 0.5) is 5.95 Å². The molecule has 0 radical (unpaired) electrons. The van der Waals surface area contributed by atoms with Crippen molar-refractivity contribution in [2.24, 2.45) is 5.92 Å². The van der Waals surface area contributed by atoms with E-state index in [0.29, 0.717) is 23.9 Å². The van der Waals surface area contributed by atoms with E-state index >= 15 is 0 Å². The molecule has 7 nitrogen and oxygen atoms in total. The van der Waals surface area contributed by atoms with Crippen molar-refractivity contribution >= 4 is 40.0 Å². The minimum Gasteiger partial charge on any atom is -0.341 e. The quantitative estimate of drug-likeness (QED) is 0.439. The largest absolute Gasteiger partial charge is 0.341 e. The average Bonchev–Trinajstić information content (AvgIpc) is 3.06. The van der Waals surface area contributed by atoms with Gasteiger partial charge in [-0.05, 0) is 43.0 Å². The summed E-state index contributed by atoms with van der Waals surface area (Å²) in [6, 6.07) is 16.0. The summed E-state index contributed by atoms with van der Waals surface area (Å²) in [4.78, 5) is 22.3. The number of amides is 1. The Balaban J connectivity index is 1.40. The Morgan fingerprint density at radius 3 is 2.62 bits per heavy atom. The minimum atomic E-state index is 0.231. The fourth-order valence-electron chi connectivity index (χ4n) is 5.00. The molecule has 0 unspecified atom stereocenters. The number of fused-ring (bicyclic) bond motifs is 3. The van der Waals surface area contributed by atoms with Crippen molar-refractivity contribution in [2.45, 2.75) is 32.1 Å². The van der Waals surface area contributed by atoms with Crippen LogP contribution in [0.1, 0.15) is 37.1 Å². The molecule has 4 aromatic rings. The van der Waals surface area contributed by atoms with Crippen LogP contribution in [0.2, 0.25) is 5.02 Å². The van der Waals surface area contributed by atoms with Gasteiger partial charge < -0.3 is 9.80 Å². The van der Waals surface area contributed by atoms with Gasteiger partial charge in [0.2, 0.25) is 11.9 Å². The average molecular weight is 475 g/mol. The van der Waals surface area contributed by atoms with Gasteiger partial charge in [0.25, 0.3) is 0 Å². The topological polar surface area (TPSA) is 66.6 Å². The van der Waals surface area contributed by atoms with Gasteiger partial charge in [-0.1, -0.05) is 48.4 Å². The molecule has 0 bridgehead atoms. The summed E-state index contributed by atoms with van der Waals surface area (Å²) in [7, 11) is 0. The number of carbonyl (C=O) groups is 1. The monoisotopic (exact) mass is 474 g/mol. The van der Waals surface area contributed by atoms with E-state index in [2.05, 4.69) is 36.5 Å². The van der Waals surface area contributed by atoms with E-state index in [-0.39, 0.29) is 5.92 Å². The van der Waals surface area contributed by atoms with E-state index in [9.17, 15) is 4.79 Å². The number of anilines is 1. The number of benzene rings is 2.